The molecule has 0 bridgehead atoms. The van der Waals surface area contributed by atoms with Gasteiger partial charge >= 0.3 is 0 Å². The molecule has 4 rings (SSSR count). The third-order valence-electron chi connectivity index (χ3n) is 5.76. The molecular formula is C20H27N5O3. The Balaban J connectivity index is 1.67. The zero-order valence-corrected chi connectivity index (χ0v) is 16.7. The minimum Gasteiger partial charge on any atom is -0.507 e. The lowest BCUT2D eigenvalue weighted by molar-refractivity contribution is 0.226. The molecule has 1 atom stereocenters. The van der Waals surface area contributed by atoms with Crippen molar-refractivity contribution in [3.63, 3.8) is 0 Å². The van der Waals surface area contributed by atoms with Crippen molar-refractivity contribution in [1.82, 2.24) is 19.7 Å². The molecule has 8 heteroatoms. The number of benzene rings is 1. The van der Waals surface area contributed by atoms with Gasteiger partial charge in [0.1, 0.15) is 11.5 Å². The van der Waals surface area contributed by atoms with Crippen LogP contribution in [0.25, 0.3) is 11.3 Å². The predicted octanol–water partition coefficient (Wildman–Crippen LogP) is 1.69. The highest BCUT2D eigenvalue weighted by atomic mass is 16.5. The van der Waals surface area contributed by atoms with E-state index in [1.54, 1.807) is 7.05 Å². The second kappa shape index (κ2) is 7.43. The van der Waals surface area contributed by atoms with Gasteiger partial charge in [-0.25, -0.2) is 0 Å². The van der Waals surface area contributed by atoms with Gasteiger partial charge in [-0.3, -0.25) is 9.36 Å². The second-order valence-electron chi connectivity index (χ2n) is 7.61. The average Bonchev–Trinajstić information content (AvgIpc) is 3.16. The summed E-state index contributed by atoms with van der Waals surface area (Å²) in [6.45, 7) is 7.59. The van der Waals surface area contributed by atoms with Crippen molar-refractivity contribution < 1.29 is 9.84 Å². The van der Waals surface area contributed by atoms with Gasteiger partial charge in [0.25, 0.3) is 5.56 Å². The smallest absolute Gasteiger partial charge is 0.281 e. The minimum absolute atomic E-state index is 0.0745. The number of likely N-dealkylation sites (N-methyl/N-ethyl adjacent to an activating group) is 1. The van der Waals surface area contributed by atoms with Gasteiger partial charge in [-0.05, 0) is 44.5 Å². The van der Waals surface area contributed by atoms with Gasteiger partial charge in [-0.2, -0.15) is 0 Å². The van der Waals surface area contributed by atoms with Crippen LogP contribution in [0.15, 0.2) is 10.9 Å². The van der Waals surface area contributed by atoms with Crippen LogP contribution < -0.4 is 15.6 Å². The average molecular weight is 385 g/mol. The highest BCUT2D eigenvalue weighted by Crippen LogP contribution is 2.41. The highest BCUT2D eigenvalue weighted by Gasteiger charge is 2.26. The fraction of sp³-hybridized carbons (Fsp3) is 0.550. The molecule has 2 aromatic rings. The number of hydrogen-bond donors (Lipinski definition) is 2. The predicted molar refractivity (Wildman–Crippen MR) is 107 cm³/mol. The summed E-state index contributed by atoms with van der Waals surface area (Å²) in [6.07, 6.45) is 2.78. The Morgan fingerprint density at radius 1 is 1.39 bits per heavy atom. The van der Waals surface area contributed by atoms with Gasteiger partial charge in [0.2, 0.25) is 5.95 Å². The molecule has 0 radical (unpaired) electrons. The third kappa shape index (κ3) is 3.22. The molecule has 2 aliphatic rings. The highest BCUT2D eigenvalue weighted by molar-refractivity contribution is 5.74. The number of aromatic hydroxyl groups is 1. The number of ether oxygens (including phenoxy) is 1. The van der Waals surface area contributed by atoms with Gasteiger partial charge in [0, 0.05) is 31.6 Å². The second-order valence-corrected chi connectivity index (χ2v) is 7.61. The maximum Gasteiger partial charge on any atom is 0.281 e. The Bertz CT molecular complexity index is 956. The zero-order chi connectivity index (χ0) is 19.8. The Kier molecular flexibility index (Phi) is 4.97. The number of aryl methyl sites for hydroxylation is 1. The summed E-state index contributed by atoms with van der Waals surface area (Å²) in [5, 5.41) is 22.6. The van der Waals surface area contributed by atoms with Gasteiger partial charge in [0.15, 0.2) is 5.69 Å². The molecular weight excluding hydrogens is 358 g/mol. The first kappa shape index (κ1) is 18.7. The van der Waals surface area contributed by atoms with E-state index in [9.17, 15) is 9.90 Å². The number of fused-ring (bicyclic) bond motifs is 1. The number of likely N-dealkylation sites (tertiary alicyclic amines) is 1. The molecule has 2 aliphatic heterocycles. The topological polar surface area (TPSA) is 92.5 Å². The molecule has 3 heterocycles. The van der Waals surface area contributed by atoms with E-state index in [4.69, 9.17) is 4.74 Å². The molecule has 150 valence electrons. The van der Waals surface area contributed by atoms with Crippen molar-refractivity contribution in [2.24, 2.45) is 7.05 Å². The fourth-order valence-corrected chi connectivity index (χ4v) is 4.13. The van der Waals surface area contributed by atoms with Crippen molar-refractivity contribution >= 4 is 5.95 Å². The number of rotatable bonds is 4. The Morgan fingerprint density at radius 2 is 2.21 bits per heavy atom. The number of phenolic OH excluding ortho intramolecular Hbond substituents is 1. The van der Waals surface area contributed by atoms with E-state index >= 15 is 0 Å². The first-order valence-electron chi connectivity index (χ1n) is 9.90. The molecule has 0 aliphatic carbocycles. The van der Waals surface area contributed by atoms with Crippen LogP contribution in [0.5, 0.6) is 11.5 Å². The molecule has 0 spiro atoms. The van der Waals surface area contributed by atoms with Crippen LogP contribution in [0.3, 0.4) is 0 Å². The van der Waals surface area contributed by atoms with Crippen molar-refractivity contribution in [2.45, 2.75) is 39.2 Å². The van der Waals surface area contributed by atoms with Gasteiger partial charge in [-0.1, -0.05) is 6.92 Å². The fourth-order valence-electron chi connectivity index (χ4n) is 4.13. The lowest BCUT2D eigenvalue weighted by Crippen LogP contribution is -2.43. The SMILES string of the molecule is CCN1CCC[C@@H](Nc2nnc(-c3c(C)cc4c(c3O)CCO4)c(=O)n2C)C1. The molecule has 8 nitrogen and oxygen atoms in total. The molecule has 1 fully saturated rings. The standard InChI is InChI=1S/C20H27N5O3/c1-4-25-8-5-6-13(11-25)21-20-23-22-17(19(27)24(20)3)16-12(2)10-15-14(18(16)26)7-9-28-15/h10,13,26H,4-9,11H2,1-3H3,(H,21,23)/t13-/m1/s1. The largest absolute Gasteiger partial charge is 0.507 e. The van der Waals surface area contributed by atoms with Crippen LogP contribution >= 0.6 is 0 Å². The van der Waals surface area contributed by atoms with Crippen molar-refractivity contribution in [1.29, 1.82) is 0 Å². The molecule has 2 N–H and O–H groups in total. The van der Waals surface area contributed by atoms with Crippen LogP contribution in [0.2, 0.25) is 0 Å². The molecule has 28 heavy (non-hydrogen) atoms. The van der Waals surface area contributed by atoms with Crippen LogP contribution in [-0.2, 0) is 13.5 Å². The first-order valence-corrected chi connectivity index (χ1v) is 9.90. The summed E-state index contributed by atoms with van der Waals surface area (Å²) in [4.78, 5) is 15.4. The van der Waals surface area contributed by atoms with Crippen molar-refractivity contribution in [3.8, 4) is 22.8 Å². The van der Waals surface area contributed by atoms with Crippen molar-refractivity contribution in [2.75, 3.05) is 31.6 Å². The Morgan fingerprint density at radius 3 is 3.00 bits per heavy atom. The molecule has 0 saturated carbocycles. The maximum absolute atomic E-state index is 13.0. The summed E-state index contributed by atoms with van der Waals surface area (Å²) < 4.78 is 7.02. The molecule has 1 aromatic heterocycles. The van der Waals surface area contributed by atoms with Crippen LogP contribution in [0.4, 0.5) is 5.95 Å². The van der Waals surface area contributed by atoms with E-state index in [0.29, 0.717) is 30.3 Å². The summed E-state index contributed by atoms with van der Waals surface area (Å²) in [7, 11) is 1.69. The number of nitrogens with zero attached hydrogens (tertiary/aromatic N) is 4. The van der Waals surface area contributed by atoms with E-state index < -0.39 is 0 Å². The number of aromatic nitrogens is 3. The van der Waals surface area contributed by atoms with Crippen LogP contribution in [-0.4, -0.2) is 57.1 Å². The summed E-state index contributed by atoms with van der Waals surface area (Å²) in [5.41, 5.74) is 1.80. The minimum atomic E-state index is -0.280. The van der Waals surface area contributed by atoms with E-state index in [1.807, 2.05) is 13.0 Å². The molecule has 1 saturated heterocycles. The van der Waals surface area contributed by atoms with E-state index in [0.717, 1.165) is 43.6 Å². The van der Waals surface area contributed by atoms with Crippen LogP contribution in [0, 0.1) is 6.92 Å². The number of hydrogen-bond acceptors (Lipinski definition) is 7. The maximum atomic E-state index is 13.0. The zero-order valence-electron chi connectivity index (χ0n) is 16.7. The Hall–Kier alpha value is -2.61. The lowest BCUT2D eigenvalue weighted by atomic mass is 9.99. The lowest BCUT2D eigenvalue weighted by Gasteiger charge is -2.32. The summed E-state index contributed by atoms with van der Waals surface area (Å²) >= 11 is 0. The molecule has 0 unspecified atom stereocenters. The Labute approximate surface area is 164 Å². The van der Waals surface area contributed by atoms with Gasteiger partial charge < -0.3 is 20.1 Å². The van der Waals surface area contributed by atoms with E-state index in [1.165, 1.54) is 4.57 Å². The number of piperidine rings is 1. The monoisotopic (exact) mass is 385 g/mol. The molecule has 1 aromatic carbocycles. The molecule has 0 amide bonds. The summed E-state index contributed by atoms with van der Waals surface area (Å²) in [5.74, 6) is 1.21. The quantitative estimate of drug-likeness (QED) is 0.827. The first-order chi connectivity index (χ1) is 13.5. The van der Waals surface area contributed by atoms with Crippen molar-refractivity contribution in [3.05, 3.63) is 27.5 Å². The normalized spacial score (nSPS) is 19.3. The number of anilines is 1. The van der Waals surface area contributed by atoms with E-state index in [2.05, 4.69) is 27.3 Å². The van der Waals surface area contributed by atoms with E-state index in [-0.39, 0.29) is 23.0 Å². The van der Waals surface area contributed by atoms with Crippen LogP contribution in [0.1, 0.15) is 30.9 Å². The summed E-state index contributed by atoms with van der Waals surface area (Å²) in [6, 6.07) is 2.10. The van der Waals surface area contributed by atoms with Gasteiger partial charge in [-0.15, -0.1) is 10.2 Å². The third-order valence-corrected chi connectivity index (χ3v) is 5.76. The number of phenols is 1. The number of nitrogens with one attached hydrogen (secondary N) is 1. The van der Waals surface area contributed by atoms with Gasteiger partial charge in [0.05, 0.1) is 12.2 Å².